The van der Waals surface area contributed by atoms with Crippen molar-refractivity contribution in [1.82, 2.24) is 0 Å². The Morgan fingerprint density at radius 3 is 1.42 bits per heavy atom. The molecular weight excluding hydrogens is 170 g/mol. The first-order valence-electron chi connectivity index (χ1n) is 4.18. The molecule has 76 valence electrons. The minimum Gasteiger partial charge on any atom is -0.859 e. The number of nitrogens with zero attached hydrogens (tertiary/aromatic N) is 1. The molecule has 3 nitrogen and oxygen atoms in total. The summed E-state index contributed by atoms with van der Waals surface area (Å²) < 4.78 is 0.844. The number of aliphatic hydroxyl groups excluding tert-OH is 1. The van der Waals surface area contributed by atoms with Gasteiger partial charge in [-0.25, -0.2) is 0 Å². The molecule has 0 radical (unpaired) electrons. The molecule has 0 amide bonds. The molecule has 0 aromatic carbocycles. The molecule has 0 spiro atoms. The number of aliphatic hydroxyl groups is 1. The average Bonchev–Trinajstić information content (AvgIpc) is 1.54. The van der Waals surface area contributed by atoms with E-state index in [4.69, 9.17) is 5.11 Å². The van der Waals surface area contributed by atoms with Crippen LogP contribution in [0.1, 0.15) is 0 Å². The van der Waals surface area contributed by atoms with Gasteiger partial charge in [0.1, 0.15) is 6.54 Å². The third kappa shape index (κ3) is 49.8. The van der Waals surface area contributed by atoms with Gasteiger partial charge in [0.2, 0.25) is 0 Å². The summed E-state index contributed by atoms with van der Waals surface area (Å²) in [5.74, 6) is 0. The zero-order valence-electron chi connectivity index (χ0n) is 9.22. The first-order valence-corrected chi connectivity index (χ1v) is 7.59. The normalized spacial score (nSPS) is 12.0. The molecule has 0 aliphatic carbocycles. The van der Waals surface area contributed by atoms with Crippen molar-refractivity contribution in [3.8, 4) is 0 Å². The first kappa shape index (κ1) is 14.6. The SMILES string of the molecule is C[N+](C)(C)CCO.C[Si](C)(C)[O-]. The lowest BCUT2D eigenvalue weighted by Gasteiger charge is -2.21. The van der Waals surface area contributed by atoms with Crippen LogP contribution in [0.3, 0.4) is 0 Å². The van der Waals surface area contributed by atoms with Crippen LogP contribution in [0, 0.1) is 0 Å². The zero-order valence-corrected chi connectivity index (χ0v) is 10.2. The van der Waals surface area contributed by atoms with E-state index in [1.165, 1.54) is 0 Å². The summed E-state index contributed by atoms with van der Waals surface area (Å²) in [7, 11) is 4.29. The van der Waals surface area contributed by atoms with Gasteiger partial charge in [0.15, 0.2) is 0 Å². The van der Waals surface area contributed by atoms with Crippen molar-refractivity contribution in [3.63, 3.8) is 0 Å². The molecule has 0 aliphatic heterocycles. The Balaban J connectivity index is 0. The lowest BCUT2D eigenvalue weighted by Crippen LogP contribution is -2.38. The highest BCUT2D eigenvalue weighted by Gasteiger charge is 2.02. The molecular formula is C8H23NO2Si. The molecule has 0 bridgehead atoms. The lowest BCUT2D eigenvalue weighted by atomic mass is 10.5. The summed E-state index contributed by atoms with van der Waals surface area (Å²) in [6.07, 6.45) is 0. The Hall–Kier alpha value is 0.0969. The van der Waals surface area contributed by atoms with Gasteiger partial charge in [-0.05, 0) is 0 Å². The van der Waals surface area contributed by atoms with Crippen LogP contribution in [0.25, 0.3) is 0 Å². The van der Waals surface area contributed by atoms with E-state index in [9.17, 15) is 4.80 Å². The molecule has 0 saturated carbocycles. The van der Waals surface area contributed by atoms with Crippen molar-refractivity contribution in [2.24, 2.45) is 0 Å². The number of rotatable bonds is 2. The Morgan fingerprint density at radius 1 is 1.17 bits per heavy atom. The second-order valence-electron chi connectivity index (χ2n) is 4.85. The van der Waals surface area contributed by atoms with E-state index >= 15 is 0 Å². The molecule has 0 unspecified atom stereocenters. The van der Waals surface area contributed by atoms with Crippen LogP contribution in [0.4, 0.5) is 0 Å². The predicted molar refractivity (Wildman–Crippen MR) is 53.3 cm³/mol. The van der Waals surface area contributed by atoms with E-state index in [0.29, 0.717) is 0 Å². The molecule has 0 aromatic heterocycles. The Bertz CT molecular complexity index is 98.6. The minimum absolute atomic E-state index is 0.281. The van der Waals surface area contributed by atoms with Crippen molar-refractivity contribution in [2.45, 2.75) is 19.6 Å². The third-order valence-electron chi connectivity index (χ3n) is 0.771. The van der Waals surface area contributed by atoms with Crippen LogP contribution >= 0.6 is 0 Å². The molecule has 4 heteroatoms. The quantitative estimate of drug-likeness (QED) is 0.490. The van der Waals surface area contributed by atoms with Crippen molar-refractivity contribution in [3.05, 3.63) is 0 Å². The van der Waals surface area contributed by atoms with Gasteiger partial charge in [-0.3, -0.25) is 0 Å². The van der Waals surface area contributed by atoms with Crippen LogP contribution in [0.15, 0.2) is 0 Å². The van der Waals surface area contributed by atoms with E-state index in [1.54, 1.807) is 19.6 Å². The Labute approximate surface area is 77.4 Å². The summed E-state index contributed by atoms with van der Waals surface area (Å²) >= 11 is 0. The summed E-state index contributed by atoms with van der Waals surface area (Å²) in [6, 6.07) is 0. The van der Waals surface area contributed by atoms with E-state index < -0.39 is 8.32 Å². The maximum absolute atomic E-state index is 10.2. The summed E-state index contributed by atoms with van der Waals surface area (Å²) in [5.41, 5.74) is 0. The van der Waals surface area contributed by atoms with Crippen molar-refractivity contribution in [2.75, 3.05) is 34.3 Å². The summed E-state index contributed by atoms with van der Waals surface area (Å²) in [6.45, 7) is 6.43. The topological polar surface area (TPSA) is 43.3 Å². The van der Waals surface area contributed by atoms with Gasteiger partial charge in [-0.1, -0.05) is 28.0 Å². The Kier molecular flexibility index (Phi) is 6.93. The molecule has 0 fully saturated rings. The van der Waals surface area contributed by atoms with E-state index in [2.05, 4.69) is 21.1 Å². The molecule has 0 heterocycles. The second-order valence-corrected chi connectivity index (χ2v) is 9.07. The molecule has 1 N–H and O–H groups in total. The molecule has 0 aromatic rings. The van der Waals surface area contributed by atoms with Gasteiger partial charge in [0, 0.05) is 0 Å². The molecule has 0 aliphatic rings. The standard InChI is InChI=1S/C5H14NO.C3H9OSi/c1-6(2,3)4-5-7;1-5(2,3)4/h7H,4-5H2,1-3H3;1-3H3/q+1;-1. The highest BCUT2D eigenvalue weighted by Crippen LogP contribution is 1.84. The number of hydrogen-bond acceptors (Lipinski definition) is 2. The molecule has 0 atom stereocenters. The fraction of sp³-hybridized carbons (Fsp3) is 1.00. The molecule has 12 heavy (non-hydrogen) atoms. The van der Waals surface area contributed by atoms with Gasteiger partial charge in [-0.15, -0.1) is 0 Å². The van der Waals surface area contributed by atoms with Gasteiger partial charge in [-0.2, -0.15) is 0 Å². The number of hydrogen-bond donors (Lipinski definition) is 1. The van der Waals surface area contributed by atoms with Crippen LogP contribution in [0.5, 0.6) is 0 Å². The van der Waals surface area contributed by atoms with Gasteiger partial charge >= 0.3 is 0 Å². The van der Waals surface area contributed by atoms with Crippen molar-refractivity contribution >= 4 is 8.32 Å². The van der Waals surface area contributed by atoms with Crippen molar-refractivity contribution in [1.29, 1.82) is 0 Å². The van der Waals surface area contributed by atoms with Crippen LogP contribution in [-0.2, 0) is 0 Å². The zero-order chi connectivity index (χ0) is 10.4. The van der Waals surface area contributed by atoms with Crippen LogP contribution in [0.2, 0.25) is 19.6 Å². The predicted octanol–water partition coefficient (Wildman–Crippen LogP) is -0.133. The summed E-state index contributed by atoms with van der Waals surface area (Å²) in [5, 5.41) is 8.39. The summed E-state index contributed by atoms with van der Waals surface area (Å²) in [4.78, 5) is 10.2. The highest BCUT2D eigenvalue weighted by atomic mass is 28.4. The number of likely N-dealkylation sites (N-methyl/N-ethyl adjacent to an activating group) is 1. The largest absolute Gasteiger partial charge is 0.859 e. The highest BCUT2D eigenvalue weighted by molar-refractivity contribution is 6.66. The molecule has 0 saturated heterocycles. The molecule has 0 rings (SSSR count). The third-order valence-corrected chi connectivity index (χ3v) is 0.771. The lowest BCUT2D eigenvalue weighted by molar-refractivity contribution is -0.870. The fourth-order valence-electron chi connectivity index (χ4n) is 0.300. The smallest absolute Gasteiger partial charge is 0.101 e. The van der Waals surface area contributed by atoms with Gasteiger partial charge in [0.25, 0.3) is 0 Å². The average molecular weight is 193 g/mol. The maximum atomic E-state index is 10.2. The minimum atomic E-state index is -1.86. The number of quaternary nitrogens is 1. The van der Waals surface area contributed by atoms with Gasteiger partial charge in [0.05, 0.1) is 27.7 Å². The van der Waals surface area contributed by atoms with Crippen LogP contribution in [-0.4, -0.2) is 52.2 Å². The first-order chi connectivity index (χ1) is 5.06. The fourth-order valence-corrected chi connectivity index (χ4v) is 0.300. The van der Waals surface area contributed by atoms with E-state index in [0.717, 1.165) is 11.0 Å². The van der Waals surface area contributed by atoms with E-state index in [-0.39, 0.29) is 6.61 Å². The Morgan fingerprint density at radius 2 is 1.42 bits per heavy atom. The van der Waals surface area contributed by atoms with Gasteiger partial charge < -0.3 is 14.4 Å². The monoisotopic (exact) mass is 193 g/mol. The van der Waals surface area contributed by atoms with Crippen molar-refractivity contribution < 1.29 is 14.4 Å². The maximum Gasteiger partial charge on any atom is 0.101 e. The van der Waals surface area contributed by atoms with E-state index in [1.807, 2.05) is 0 Å². The second kappa shape index (κ2) is 5.69. The van der Waals surface area contributed by atoms with Crippen LogP contribution < -0.4 is 4.80 Å².